The summed E-state index contributed by atoms with van der Waals surface area (Å²) in [6.07, 6.45) is -1.46. The van der Waals surface area contributed by atoms with Gasteiger partial charge >= 0.3 is 6.36 Å². The number of likely N-dealkylation sites (tertiary alicyclic amines) is 1. The second-order valence-corrected chi connectivity index (χ2v) is 9.51. The number of halogens is 4. The summed E-state index contributed by atoms with van der Waals surface area (Å²) in [6.45, 7) is 2.21. The van der Waals surface area contributed by atoms with Gasteiger partial charge in [-0.15, -0.1) is 13.2 Å². The SMILES string of the molecule is O=C(c1ccc(OC(F)(F)F)cc1)N1CCC(c2c(F)cnc3[nH]c4c(c23)[C@@H]2COC[C@H]2C4)CC1. The van der Waals surface area contributed by atoms with E-state index in [2.05, 4.69) is 14.7 Å². The number of rotatable bonds is 3. The van der Waals surface area contributed by atoms with Crippen LogP contribution in [0.25, 0.3) is 11.0 Å². The van der Waals surface area contributed by atoms with Gasteiger partial charge in [-0.1, -0.05) is 0 Å². The molecule has 2 atom stereocenters. The topological polar surface area (TPSA) is 67.5 Å². The molecule has 0 spiro atoms. The van der Waals surface area contributed by atoms with Gasteiger partial charge in [0.25, 0.3) is 5.91 Å². The molecule has 3 aromatic rings. The second-order valence-electron chi connectivity index (χ2n) is 9.51. The minimum Gasteiger partial charge on any atom is -0.406 e. The number of pyridine rings is 1. The molecule has 3 aliphatic rings. The third-order valence-corrected chi connectivity index (χ3v) is 7.49. The van der Waals surface area contributed by atoms with Crippen LogP contribution < -0.4 is 4.74 Å². The number of nitrogens with one attached hydrogen (secondary N) is 1. The quantitative estimate of drug-likeness (QED) is 0.531. The standard InChI is InChI=1S/C25H23F4N3O3/c26-18-10-30-23-22(21-17-12-34-11-15(17)9-19(21)31-23)20(18)13-5-7-32(8-6-13)24(33)14-1-3-16(4-2-14)35-25(27,28)29/h1-4,10,13,15,17H,5-9,11-12H2,(H,30,31)/t15-,17-/m1/s1. The van der Waals surface area contributed by atoms with E-state index in [1.807, 2.05) is 0 Å². The monoisotopic (exact) mass is 489 g/mol. The van der Waals surface area contributed by atoms with Crippen molar-refractivity contribution in [1.82, 2.24) is 14.9 Å². The van der Waals surface area contributed by atoms with Crippen molar-refractivity contribution in [3.05, 3.63) is 58.7 Å². The highest BCUT2D eigenvalue weighted by Gasteiger charge is 2.41. The molecule has 184 valence electrons. The Bertz CT molecular complexity index is 1280. The highest BCUT2D eigenvalue weighted by atomic mass is 19.4. The number of carbonyl (C=O) groups is 1. The van der Waals surface area contributed by atoms with Gasteiger partial charge in [0, 0.05) is 41.2 Å². The van der Waals surface area contributed by atoms with Gasteiger partial charge in [0.15, 0.2) is 0 Å². The van der Waals surface area contributed by atoms with Gasteiger partial charge in [0.05, 0.1) is 19.4 Å². The Morgan fingerprint density at radius 2 is 1.86 bits per heavy atom. The van der Waals surface area contributed by atoms with E-state index in [1.54, 1.807) is 4.90 Å². The summed E-state index contributed by atoms with van der Waals surface area (Å²) >= 11 is 0. The minimum absolute atomic E-state index is 0.0617. The second kappa shape index (κ2) is 8.22. The number of benzene rings is 1. The predicted molar refractivity (Wildman–Crippen MR) is 118 cm³/mol. The van der Waals surface area contributed by atoms with Crippen LogP contribution in [0.1, 0.15) is 51.9 Å². The molecule has 1 N–H and O–H groups in total. The number of alkyl halides is 3. The third kappa shape index (κ3) is 3.93. The zero-order valence-electron chi connectivity index (χ0n) is 18.7. The zero-order valence-corrected chi connectivity index (χ0v) is 18.7. The summed E-state index contributed by atoms with van der Waals surface area (Å²) in [5, 5.41) is 0.878. The first-order valence-corrected chi connectivity index (χ1v) is 11.7. The maximum atomic E-state index is 15.2. The van der Waals surface area contributed by atoms with E-state index >= 15 is 4.39 Å². The summed E-state index contributed by atoms with van der Waals surface area (Å²) < 4.78 is 61.9. The molecular weight excluding hydrogens is 466 g/mol. The fourth-order valence-electron chi connectivity index (χ4n) is 5.93. The summed E-state index contributed by atoms with van der Waals surface area (Å²) in [5.74, 6) is -0.356. The molecule has 6 nitrogen and oxygen atoms in total. The molecule has 2 saturated heterocycles. The van der Waals surface area contributed by atoms with Gasteiger partial charge in [0.1, 0.15) is 17.2 Å². The number of fused-ring (bicyclic) bond motifs is 5. The number of ether oxygens (including phenoxy) is 2. The van der Waals surface area contributed by atoms with Crippen LogP contribution >= 0.6 is 0 Å². The Labute approximate surface area is 198 Å². The molecule has 0 saturated carbocycles. The number of nitrogens with zero attached hydrogens (tertiary/aromatic N) is 2. The van der Waals surface area contributed by atoms with E-state index in [1.165, 1.54) is 18.3 Å². The predicted octanol–water partition coefficient (Wildman–Crippen LogP) is 4.91. The van der Waals surface area contributed by atoms with Crippen LogP contribution in [-0.2, 0) is 11.2 Å². The summed E-state index contributed by atoms with van der Waals surface area (Å²) in [5.41, 5.74) is 3.93. The molecule has 1 amide bonds. The van der Waals surface area contributed by atoms with Crippen LogP contribution in [-0.4, -0.2) is 53.4 Å². The number of aromatic nitrogens is 2. The Kier molecular flexibility index (Phi) is 5.24. The lowest BCUT2D eigenvalue weighted by molar-refractivity contribution is -0.274. The molecule has 2 aromatic heterocycles. The first kappa shape index (κ1) is 22.3. The largest absolute Gasteiger partial charge is 0.573 e. The highest BCUT2D eigenvalue weighted by molar-refractivity contribution is 5.94. The fourth-order valence-corrected chi connectivity index (χ4v) is 5.93. The molecule has 10 heteroatoms. The maximum Gasteiger partial charge on any atom is 0.573 e. The van der Waals surface area contributed by atoms with Crippen molar-refractivity contribution in [3.63, 3.8) is 0 Å². The molecule has 1 aromatic carbocycles. The van der Waals surface area contributed by atoms with E-state index in [0.717, 1.165) is 41.8 Å². The maximum absolute atomic E-state index is 15.2. The third-order valence-electron chi connectivity index (χ3n) is 7.49. The Hall–Kier alpha value is -3.14. The summed E-state index contributed by atoms with van der Waals surface area (Å²) in [6, 6.07) is 4.90. The molecule has 35 heavy (non-hydrogen) atoms. The van der Waals surface area contributed by atoms with E-state index in [9.17, 15) is 18.0 Å². The number of aromatic amines is 1. The number of H-pyrrole nitrogens is 1. The number of amides is 1. The molecule has 6 rings (SSSR count). The number of hydrogen-bond acceptors (Lipinski definition) is 4. The molecule has 2 aliphatic heterocycles. The van der Waals surface area contributed by atoms with Crippen molar-refractivity contribution in [2.75, 3.05) is 26.3 Å². The van der Waals surface area contributed by atoms with Gasteiger partial charge in [-0.2, -0.15) is 0 Å². The van der Waals surface area contributed by atoms with Gasteiger partial charge in [-0.25, -0.2) is 9.37 Å². The van der Waals surface area contributed by atoms with Crippen molar-refractivity contribution in [2.45, 2.75) is 37.5 Å². The van der Waals surface area contributed by atoms with Crippen molar-refractivity contribution >= 4 is 16.9 Å². The van der Waals surface area contributed by atoms with Crippen molar-refractivity contribution in [2.24, 2.45) is 5.92 Å². The number of hydrogen-bond donors (Lipinski definition) is 1. The van der Waals surface area contributed by atoms with E-state index in [-0.39, 0.29) is 34.9 Å². The van der Waals surface area contributed by atoms with E-state index < -0.39 is 6.36 Å². The van der Waals surface area contributed by atoms with E-state index in [0.29, 0.717) is 49.7 Å². The lowest BCUT2D eigenvalue weighted by Gasteiger charge is -2.33. The lowest BCUT2D eigenvalue weighted by atomic mass is 9.85. The smallest absolute Gasteiger partial charge is 0.406 e. The van der Waals surface area contributed by atoms with Crippen LogP contribution in [0.2, 0.25) is 0 Å². The molecule has 4 heterocycles. The van der Waals surface area contributed by atoms with E-state index in [4.69, 9.17) is 4.74 Å². The number of piperidine rings is 1. The molecular formula is C25H23F4N3O3. The van der Waals surface area contributed by atoms with Gasteiger partial charge in [-0.05, 0) is 60.9 Å². The van der Waals surface area contributed by atoms with Crippen LogP contribution in [0.3, 0.4) is 0 Å². The highest BCUT2D eigenvalue weighted by Crippen LogP contribution is 2.48. The summed E-state index contributed by atoms with van der Waals surface area (Å²) in [7, 11) is 0. The molecule has 2 fully saturated rings. The molecule has 0 radical (unpaired) electrons. The zero-order chi connectivity index (χ0) is 24.3. The van der Waals surface area contributed by atoms with Gasteiger partial charge in [0.2, 0.25) is 0 Å². The first-order chi connectivity index (χ1) is 16.8. The van der Waals surface area contributed by atoms with Crippen LogP contribution in [0.4, 0.5) is 17.6 Å². The average molecular weight is 489 g/mol. The van der Waals surface area contributed by atoms with Crippen LogP contribution in [0, 0.1) is 11.7 Å². The Morgan fingerprint density at radius 3 is 2.57 bits per heavy atom. The van der Waals surface area contributed by atoms with Crippen LogP contribution in [0.15, 0.2) is 30.5 Å². The molecule has 0 bridgehead atoms. The summed E-state index contributed by atoms with van der Waals surface area (Å²) in [4.78, 5) is 22.3. The van der Waals surface area contributed by atoms with Crippen molar-refractivity contribution < 1.29 is 31.8 Å². The Balaban J connectivity index is 1.20. The molecule has 0 unspecified atom stereocenters. The number of carbonyl (C=O) groups excluding carboxylic acids is 1. The first-order valence-electron chi connectivity index (χ1n) is 11.7. The Morgan fingerprint density at radius 1 is 1.11 bits per heavy atom. The normalized spacial score (nSPS) is 22.5. The van der Waals surface area contributed by atoms with Crippen molar-refractivity contribution in [1.29, 1.82) is 0 Å². The lowest BCUT2D eigenvalue weighted by Crippen LogP contribution is -2.38. The van der Waals surface area contributed by atoms with Gasteiger partial charge in [-0.3, -0.25) is 4.79 Å². The fraction of sp³-hybridized carbons (Fsp3) is 0.440. The van der Waals surface area contributed by atoms with Crippen LogP contribution in [0.5, 0.6) is 5.75 Å². The average Bonchev–Trinajstić information content (AvgIpc) is 3.49. The van der Waals surface area contributed by atoms with Gasteiger partial charge < -0.3 is 19.4 Å². The molecule has 1 aliphatic carbocycles. The van der Waals surface area contributed by atoms with Crippen molar-refractivity contribution in [3.8, 4) is 5.75 Å². The minimum atomic E-state index is -4.79.